The van der Waals surface area contributed by atoms with Crippen LogP contribution in [-0.2, 0) is 12.8 Å². The first kappa shape index (κ1) is 15.3. The van der Waals surface area contributed by atoms with Crippen LogP contribution in [0.4, 0.5) is 0 Å². The Morgan fingerprint density at radius 2 is 1.55 bits per heavy atom. The summed E-state index contributed by atoms with van der Waals surface area (Å²) in [7, 11) is 0. The summed E-state index contributed by atoms with van der Waals surface area (Å²) in [6, 6.07) is 14.0. The monoisotopic (exact) mass is 308 g/mol. The summed E-state index contributed by atoms with van der Waals surface area (Å²) >= 11 is 12.1. The van der Waals surface area contributed by atoms with Crippen LogP contribution in [0.3, 0.4) is 0 Å². The highest BCUT2D eigenvalue weighted by Crippen LogP contribution is 2.25. The highest BCUT2D eigenvalue weighted by molar-refractivity contribution is 6.34. The predicted octanol–water partition coefficient (Wildman–Crippen LogP) is 4.30. The largest absolute Gasteiger partial charge is 0.271 e. The molecule has 0 aliphatic heterocycles. The highest BCUT2D eigenvalue weighted by atomic mass is 35.5. The van der Waals surface area contributed by atoms with Gasteiger partial charge in [0, 0.05) is 10.0 Å². The number of aryl methyl sites for hydroxylation is 1. The summed E-state index contributed by atoms with van der Waals surface area (Å²) in [6.45, 7) is 2.15. The van der Waals surface area contributed by atoms with Gasteiger partial charge in [0.25, 0.3) is 0 Å². The number of halogens is 2. The standard InChI is InChI=1S/C16H18Cl2N2/c1-2-11-3-5-12(6-4-11)7-16(20-19)13-8-14(17)10-15(18)9-13/h3-6,8-10,16,20H,2,7,19H2,1H3. The Morgan fingerprint density at radius 3 is 2.05 bits per heavy atom. The average Bonchev–Trinajstić information content (AvgIpc) is 2.44. The zero-order chi connectivity index (χ0) is 14.5. The van der Waals surface area contributed by atoms with Crippen LogP contribution < -0.4 is 11.3 Å². The van der Waals surface area contributed by atoms with Gasteiger partial charge in [0.05, 0.1) is 6.04 Å². The molecule has 0 aliphatic carbocycles. The zero-order valence-corrected chi connectivity index (χ0v) is 12.9. The minimum atomic E-state index is -0.0151. The van der Waals surface area contributed by atoms with Crippen LogP contribution in [0.15, 0.2) is 42.5 Å². The summed E-state index contributed by atoms with van der Waals surface area (Å²) < 4.78 is 0. The van der Waals surface area contributed by atoms with Gasteiger partial charge in [0.1, 0.15) is 0 Å². The van der Waals surface area contributed by atoms with Gasteiger partial charge >= 0.3 is 0 Å². The van der Waals surface area contributed by atoms with Gasteiger partial charge in [-0.1, -0.05) is 54.4 Å². The molecule has 0 fully saturated rings. The minimum Gasteiger partial charge on any atom is -0.271 e. The van der Waals surface area contributed by atoms with Crippen LogP contribution in [-0.4, -0.2) is 0 Å². The molecule has 0 saturated heterocycles. The molecular weight excluding hydrogens is 291 g/mol. The lowest BCUT2D eigenvalue weighted by Crippen LogP contribution is -2.29. The van der Waals surface area contributed by atoms with Gasteiger partial charge in [-0.3, -0.25) is 11.3 Å². The summed E-state index contributed by atoms with van der Waals surface area (Å²) in [5, 5.41) is 1.24. The fraction of sp³-hybridized carbons (Fsp3) is 0.250. The third-order valence-corrected chi connectivity index (χ3v) is 3.80. The van der Waals surface area contributed by atoms with Crippen molar-refractivity contribution in [1.29, 1.82) is 0 Å². The first-order chi connectivity index (χ1) is 9.62. The number of hydrogen-bond acceptors (Lipinski definition) is 2. The average molecular weight is 309 g/mol. The fourth-order valence-electron chi connectivity index (χ4n) is 2.20. The van der Waals surface area contributed by atoms with Crippen molar-refractivity contribution >= 4 is 23.2 Å². The summed E-state index contributed by atoms with van der Waals surface area (Å²) in [5.74, 6) is 5.67. The van der Waals surface area contributed by atoms with Crippen molar-refractivity contribution in [2.45, 2.75) is 25.8 Å². The van der Waals surface area contributed by atoms with E-state index in [0.717, 1.165) is 18.4 Å². The van der Waals surface area contributed by atoms with Gasteiger partial charge in [0.2, 0.25) is 0 Å². The normalized spacial score (nSPS) is 12.4. The Kier molecular flexibility index (Phi) is 5.44. The van der Waals surface area contributed by atoms with E-state index in [1.807, 2.05) is 12.1 Å². The van der Waals surface area contributed by atoms with Gasteiger partial charge in [-0.25, -0.2) is 0 Å². The van der Waals surface area contributed by atoms with Crippen LogP contribution >= 0.6 is 23.2 Å². The second kappa shape index (κ2) is 7.09. The first-order valence-electron chi connectivity index (χ1n) is 6.62. The summed E-state index contributed by atoms with van der Waals surface area (Å²) in [6.07, 6.45) is 1.83. The molecule has 1 atom stereocenters. The molecule has 2 aromatic rings. The molecule has 3 N–H and O–H groups in total. The molecule has 2 rings (SSSR count). The lowest BCUT2D eigenvalue weighted by atomic mass is 9.98. The van der Waals surface area contributed by atoms with E-state index in [4.69, 9.17) is 29.0 Å². The van der Waals surface area contributed by atoms with Crippen LogP contribution in [0.25, 0.3) is 0 Å². The van der Waals surface area contributed by atoms with Crippen LogP contribution in [0.2, 0.25) is 10.0 Å². The Morgan fingerprint density at radius 1 is 1.00 bits per heavy atom. The number of nitrogens with two attached hydrogens (primary N) is 1. The molecule has 106 valence electrons. The third kappa shape index (κ3) is 3.97. The lowest BCUT2D eigenvalue weighted by Gasteiger charge is -2.17. The van der Waals surface area contributed by atoms with E-state index in [0.29, 0.717) is 10.0 Å². The maximum absolute atomic E-state index is 6.04. The molecule has 0 bridgehead atoms. The van der Waals surface area contributed by atoms with E-state index in [-0.39, 0.29) is 6.04 Å². The second-order valence-corrected chi connectivity index (χ2v) is 5.67. The predicted molar refractivity (Wildman–Crippen MR) is 86.1 cm³/mol. The van der Waals surface area contributed by atoms with Gasteiger partial charge in [-0.15, -0.1) is 0 Å². The molecular formula is C16H18Cl2N2. The van der Waals surface area contributed by atoms with Crippen molar-refractivity contribution in [3.8, 4) is 0 Å². The molecule has 1 unspecified atom stereocenters. The Hall–Kier alpha value is -1.06. The maximum atomic E-state index is 6.04. The molecule has 2 aromatic carbocycles. The third-order valence-electron chi connectivity index (χ3n) is 3.36. The van der Waals surface area contributed by atoms with Crippen molar-refractivity contribution in [1.82, 2.24) is 5.43 Å². The summed E-state index contributed by atoms with van der Waals surface area (Å²) in [5.41, 5.74) is 6.38. The zero-order valence-electron chi connectivity index (χ0n) is 11.4. The Labute approximate surface area is 129 Å². The van der Waals surface area contributed by atoms with E-state index in [2.05, 4.69) is 36.6 Å². The first-order valence-corrected chi connectivity index (χ1v) is 7.38. The van der Waals surface area contributed by atoms with Crippen LogP contribution in [0.1, 0.15) is 29.7 Å². The van der Waals surface area contributed by atoms with Crippen molar-refractivity contribution in [2.75, 3.05) is 0 Å². The van der Waals surface area contributed by atoms with Crippen LogP contribution in [0, 0.1) is 0 Å². The maximum Gasteiger partial charge on any atom is 0.0501 e. The molecule has 0 amide bonds. The van der Waals surface area contributed by atoms with Crippen molar-refractivity contribution in [2.24, 2.45) is 5.84 Å². The van der Waals surface area contributed by atoms with Gasteiger partial charge in [0.15, 0.2) is 0 Å². The van der Waals surface area contributed by atoms with E-state index in [9.17, 15) is 0 Å². The SMILES string of the molecule is CCc1ccc(CC(NN)c2cc(Cl)cc(Cl)c2)cc1. The van der Waals surface area contributed by atoms with E-state index < -0.39 is 0 Å². The second-order valence-electron chi connectivity index (χ2n) is 4.80. The molecule has 0 heterocycles. The van der Waals surface area contributed by atoms with E-state index in [1.165, 1.54) is 11.1 Å². The molecule has 0 aromatic heterocycles. The molecule has 4 heteroatoms. The van der Waals surface area contributed by atoms with Crippen molar-refractivity contribution in [3.05, 3.63) is 69.2 Å². The van der Waals surface area contributed by atoms with Crippen molar-refractivity contribution in [3.63, 3.8) is 0 Å². The molecule has 20 heavy (non-hydrogen) atoms. The Balaban J connectivity index is 2.19. The fourth-order valence-corrected chi connectivity index (χ4v) is 2.74. The lowest BCUT2D eigenvalue weighted by molar-refractivity contribution is 0.552. The van der Waals surface area contributed by atoms with Crippen LogP contribution in [0.5, 0.6) is 0 Å². The number of benzene rings is 2. The molecule has 0 saturated carbocycles. The number of hydrogen-bond donors (Lipinski definition) is 2. The minimum absolute atomic E-state index is 0.0151. The number of hydrazine groups is 1. The quantitative estimate of drug-likeness (QED) is 0.638. The summed E-state index contributed by atoms with van der Waals surface area (Å²) in [4.78, 5) is 0. The highest BCUT2D eigenvalue weighted by Gasteiger charge is 2.12. The van der Waals surface area contributed by atoms with Gasteiger partial charge < -0.3 is 0 Å². The smallest absolute Gasteiger partial charge is 0.0501 e. The Bertz CT molecular complexity index is 547. The van der Waals surface area contributed by atoms with E-state index in [1.54, 1.807) is 6.07 Å². The van der Waals surface area contributed by atoms with Gasteiger partial charge in [-0.05, 0) is 47.7 Å². The molecule has 2 nitrogen and oxygen atoms in total. The number of rotatable bonds is 5. The molecule has 0 radical (unpaired) electrons. The number of nitrogens with one attached hydrogen (secondary N) is 1. The topological polar surface area (TPSA) is 38.0 Å². The van der Waals surface area contributed by atoms with Crippen molar-refractivity contribution < 1.29 is 0 Å². The van der Waals surface area contributed by atoms with E-state index >= 15 is 0 Å². The molecule has 0 spiro atoms. The van der Waals surface area contributed by atoms with Gasteiger partial charge in [-0.2, -0.15) is 0 Å². The molecule has 0 aliphatic rings.